The highest BCUT2D eigenvalue weighted by Crippen LogP contribution is 2.33. The zero-order valence-corrected chi connectivity index (χ0v) is 12.9. The molecule has 3 aromatic rings. The van der Waals surface area contributed by atoms with Crippen molar-refractivity contribution in [2.24, 2.45) is 0 Å². The highest BCUT2D eigenvalue weighted by atomic mass is 14.2. The predicted octanol–water partition coefficient (Wildman–Crippen LogP) is 4.14. The molecule has 0 N–H and O–H groups in total. The van der Waals surface area contributed by atoms with Crippen LogP contribution in [0.4, 0.5) is 0 Å². The van der Waals surface area contributed by atoms with E-state index in [1.807, 2.05) is 0 Å². The van der Waals surface area contributed by atoms with Crippen molar-refractivity contribution >= 4 is 34.6 Å². The first-order valence-electron chi connectivity index (χ1n) is 7.97. The van der Waals surface area contributed by atoms with Gasteiger partial charge in [-0.2, -0.15) is 0 Å². The van der Waals surface area contributed by atoms with E-state index >= 15 is 0 Å². The molecule has 1 radical (unpaired) electrons. The van der Waals surface area contributed by atoms with Crippen LogP contribution in [0.25, 0.3) is 34.6 Å². The lowest BCUT2D eigenvalue weighted by Gasteiger charge is -2.11. The molecule has 2 aliphatic carbocycles. The second-order valence-electron chi connectivity index (χ2n) is 6.20. The molecule has 0 spiro atoms. The van der Waals surface area contributed by atoms with E-state index in [1.165, 1.54) is 49.0 Å². The lowest BCUT2D eigenvalue weighted by molar-refractivity contribution is 1.48. The van der Waals surface area contributed by atoms with E-state index in [1.54, 1.807) is 0 Å². The normalized spacial score (nSPS) is 14.7. The van der Waals surface area contributed by atoms with Gasteiger partial charge in [0, 0.05) is 0 Å². The molecule has 3 aromatic carbocycles. The molecule has 0 aromatic heterocycles. The van der Waals surface area contributed by atoms with Crippen LogP contribution in [0.2, 0.25) is 0 Å². The molecule has 0 bridgehead atoms. The van der Waals surface area contributed by atoms with Crippen molar-refractivity contribution in [3.63, 3.8) is 0 Å². The van der Waals surface area contributed by atoms with Crippen LogP contribution in [0.3, 0.4) is 0 Å². The third-order valence-electron chi connectivity index (χ3n) is 4.80. The molecule has 0 fully saturated rings. The van der Waals surface area contributed by atoms with Crippen molar-refractivity contribution in [1.82, 2.24) is 0 Å². The Hall–Kier alpha value is -2.86. The minimum atomic E-state index is 1.21. The average Bonchev–Trinajstić information content (AvgIpc) is 3.14. The average molecular weight is 291 g/mol. The molecule has 107 valence electrons. The van der Waals surface area contributed by atoms with Crippen molar-refractivity contribution in [3.05, 3.63) is 93.4 Å². The highest BCUT2D eigenvalue weighted by Gasteiger charge is 2.18. The van der Waals surface area contributed by atoms with Gasteiger partial charge in [-0.1, -0.05) is 60.7 Å². The number of rotatable bonds is 1. The minimum absolute atomic E-state index is 1.21. The molecule has 0 unspecified atom stereocenters. The number of benzene rings is 3. The first kappa shape index (κ1) is 12.7. The molecule has 0 amide bonds. The summed E-state index contributed by atoms with van der Waals surface area (Å²) in [4.78, 5) is 0. The van der Waals surface area contributed by atoms with E-state index in [0.717, 1.165) is 0 Å². The molecule has 0 atom stereocenters. The van der Waals surface area contributed by atoms with Gasteiger partial charge in [0.25, 0.3) is 0 Å². The second-order valence-corrected chi connectivity index (χ2v) is 6.20. The molecule has 5 rings (SSSR count). The summed E-state index contributed by atoms with van der Waals surface area (Å²) in [5.41, 5.74) is 6.45. The number of allylic oxidation sites excluding steroid dienone is 2. The van der Waals surface area contributed by atoms with Crippen LogP contribution in [0, 0.1) is 0 Å². The van der Waals surface area contributed by atoms with Gasteiger partial charge in [0.2, 0.25) is 0 Å². The maximum absolute atomic E-state index is 3.57. The van der Waals surface area contributed by atoms with E-state index in [-0.39, 0.29) is 0 Å². The Bertz CT molecular complexity index is 1150. The van der Waals surface area contributed by atoms with Crippen LogP contribution < -0.4 is 10.4 Å². The Labute approximate surface area is 135 Å². The Balaban J connectivity index is 1.83. The van der Waals surface area contributed by atoms with Crippen LogP contribution >= 0.6 is 0 Å². The fourth-order valence-electron chi connectivity index (χ4n) is 3.74. The molecule has 2 aliphatic rings. The Morgan fingerprint density at radius 3 is 2.70 bits per heavy atom. The Kier molecular flexibility index (Phi) is 2.51. The van der Waals surface area contributed by atoms with Gasteiger partial charge < -0.3 is 0 Å². The predicted molar refractivity (Wildman–Crippen MR) is 98.2 cm³/mol. The van der Waals surface area contributed by atoms with Crippen LogP contribution in [-0.2, 0) is 0 Å². The van der Waals surface area contributed by atoms with Gasteiger partial charge in [0.15, 0.2) is 0 Å². The summed E-state index contributed by atoms with van der Waals surface area (Å²) in [7, 11) is 0. The fourth-order valence-corrected chi connectivity index (χ4v) is 3.74. The standard InChI is InChI=1S/C23H15/c1-15-12-19-13-17-8-4-9-18(17)14-22(19)23(15)21-11-5-7-16-6-2-3-10-20(16)21/h2-11,13-14H,1H3. The zero-order valence-electron chi connectivity index (χ0n) is 12.9. The SMILES string of the molecule is CC1=C(c2cccc3ccccc23)c2cc3c(cc2=[C]1)C=CC=3. The zero-order chi connectivity index (χ0) is 15.4. The smallest absolute Gasteiger partial charge is 0.00601 e. The maximum Gasteiger partial charge on any atom is -0.00601 e. The van der Waals surface area contributed by atoms with Gasteiger partial charge in [-0.05, 0) is 74.2 Å². The highest BCUT2D eigenvalue weighted by molar-refractivity contribution is 6.02. The van der Waals surface area contributed by atoms with E-state index in [2.05, 4.69) is 85.8 Å². The van der Waals surface area contributed by atoms with E-state index in [4.69, 9.17) is 0 Å². The van der Waals surface area contributed by atoms with Crippen molar-refractivity contribution in [3.8, 4) is 0 Å². The summed E-state index contributed by atoms with van der Waals surface area (Å²) in [6.45, 7) is 2.17. The van der Waals surface area contributed by atoms with E-state index < -0.39 is 0 Å². The van der Waals surface area contributed by atoms with Crippen molar-refractivity contribution < 1.29 is 0 Å². The monoisotopic (exact) mass is 291 g/mol. The number of hydrogen-bond acceptors (Lipinski definition) is 0. The van der Waals surface area contributed by atoms with Crippen LogP contribution in [0.15, 0.2) is 66.2 Å². The molecule has 0 saturated heterocycles. The van der Waals surface area contributed by atoms with Gasteiger partial charge in [-0.15, -0.1) is 0 Å². The lowest BCUT2D eigenvalue weighted by atomic mass is 9.92. The van der Waals surface area contributed by atoms with Gasteiger partial charge in [-0.3, -0.25) is 0 Å². The fraction of sp³-hybridized carbons (Fsp3) is 0.0435. The van der Waals surface area contributed by atoms with Crippen LogP contribution in [0.1, 0.15) is 23.6 Å². The molecular weight excluding hydrogens is 276 g/mol. The largest absolute Gasteiger partial charge is 0.0616 e. The first-order valence-corrected chi connectivity index (χ1v) is 7.97. The molecule has 0 nitrogen and oxygen atoms in total. The number of fused-ring (bicyclic) bond motifs is 3. The Morgan fingerprint density at radius 1 is 0.870 bits per heavy atom. The minimum Gasteiger partial charge on any atom is -0.0616 e. The molecule has 0 heterocycles. The summed E-state index contributed by atoms with van der Waals surface area (Å²) >= 11 is 0. The van der Waals surface area contributed by atoms with Gasteiger partial charge in [0.1, 0.15) is 0 Å². The van der Waals surface area contributed by atoms with Crippen LogP contribution in [-0.4, -0.2) is 0 Å². The van der Waals surface area contributed by atoms with Gasteiger partial charge in [-0.25, -0.2) is 0 Å². The molecule has 0 saturated carbocycles. The van der Waals surface area contributed by atoms with Crippen molar-refractivity contribution in [1.29, 1.82) is 0 Å². The topological polar surface area (TPSA) is 0 Å². The summed E-state index contributed by atoms with van der Waals surface area (Å²) in [6.07, 6.45) is 10.0. The van der Waals surface area contributed by atoms with E-state index in [0.29, 0.717) is 0 Å². The summed E-state index contributed by atoms with van der Waals surface area (Å²) in [5, 5.41) is 5.11. The third-order valence-corrected chi connectivity index (χ3v) is 4.80. The number of hydrogen-bond donors (Lipinski definition) is 0. The van der Waals surface area contributed by atoms with Gasteiger partial charge in [0.05, 0.1) is 0 Å². The quantitative estimate of drug-likeness (QED) is 0.632. The second kappa shape index (κ2) is 4.57. The van der Waals surface area contributed by atoms with Crippen molar-refractivity contribution in [2.75, 3.05) is 0 Å². The summed E-state index contributed by atoms with van der Waals surface area (Å²) in [5.74, 6) is 0. The Morgan fingerprint density at radius 2 is 1.74 bits per heavy atom. The summed E-state index contributed by atoms with van der Waals surface area (Å²) in [6, 6.07) is 19.7. The van der Waals surface area contributed by atoms with Gasteiger partial charge >= 0.3 is 0 Å². The molecular formula is C23H15. The third kappa shape index (κ3) is 1.78. The maximum atomic E-state index is 3.57. The van der Waals surface area contributed by atoms with E-state index in [9.17, 15) is 0 Å². The van der Waals surface area contributed by atoms with Crippen molar-refractivity contribution in [2.45, 2.75) is 6.92 Å². The molecule has 0 aliphatic heterocycles. The van der Waals surface area contributed by atoms with Crippen LogP contribution in [0.5, 0.6) is 0 Å². The molecule has 0 heteroatoms. The lowest BCUT2D eigenvalue weighted by Crippen LogP contribution is -2.14. The summed E-state index contributed by atoms with van der Waals surface area (Å²) < 4.78 is 0. The molecule has 23 heavy (non-hydrogen) atoms. The first-order chi connectivity index (χ1) is 11.3.